The Kier molecular flexibility index (Phi) is 5.60. The lowest BCUT2D eigenvalue weighted by molar-refractivity contribution is -0.122. The Labute approximate surface area is 106 Å². The van der Waals surface area contributed by atoms with Gasteiger partial charge in [-0.15, -0.1) is 0 Å². The summed E-state index contributed by atoms with van der Waals surface area (Å²) in [6.45, 7) is 1.33. The molecule has 0 spiro atoms. The van der Waals surface area contributed by atoms with Gasteiger partial charge in [-0.05, 0) is 11.6 Å². The van der Waals surface area contributed by atoms with Crippen molar-refractivity contribution in [1.82, 2.24) is 10.6 Å². The highest BCUT2D eigenvalue weighted by Crippen LogP contribution is 2.04. The second-order valence-corrected chi connectivity index (χ2v) is 3.63. The minimum atomic E-state index is -0.428. The maximum absolute atomic E-state index is 11.7. The molecule has 0 bridgehead atoms. The maximum atomic E-state index is 11.7. The highest BCUT2D eigenvalue weighted by Gasteiger charge is 2.10. The van der Waals surface area contributed by atoms with E-state index in [2.05, 4.69) is 10.6 Å². The molecule has 0 aliphatic carbocycles. The molecule has 0 saturated carbocycles. The fourth-order valence-corrected chi connectivity index (χ4v) is 1.33. The van der Waals surface area contributed by atoms with Crippen molar-refractivity contribution < 1.29 is 14.7 Å². The van der Waals surface area contributed by atoms with Gasteiger partial charge in [0.2, 0.25) is 5.91 Å². The van der Waals surface area contributed by atoms with E-state index in [1.54, 1.807) is 6.08 Å². The van der Waals surface area contributed by atoms with Crippen LogP contribution in [0.2, 0.25) is 0 Å². The van der Waals surface area contributed by atoms with Crippen LogP contribution in [0.25, 0.3) is 6.08 Å². The molecule has 0 heterocycles. The van der Waals surface area contributed by atoms with Crippen molar-refractivity contribution >= 4 is 17.9 Å². The molecule has 96 valence electrons. The van der Waals surface area contributed by atoms with Crippen LogP contribution in [0.4, 0.5) is 0 Å². The molecule has 3 N–H and O–H groups in total. The van der Waals surface area contributed by atoms with Gasteiger partial charge in [-0.2, -0.15) is 0 Å². The topological polar surface area (TPSA) is 78.4 Å². The van der Waals surface area contributed by atoms with Gasteiger partial charge in [0.1, 0.15) is 5.70 Å². The van der Waals surface area contributed by atoms with Crippen LogP contribution in [0.1, 0.15) is 12.5 Å². The van der Waals surface area contributed by atoms with E-state index in [4.69, 9.17) is 5.11 Å². The van der Waals surface area contributed by atoms with Crippen LogP contribution >= 0.6 is 0 Å². The summed E-state index contributed by atoms with van der Waals surface area (Å²) in [5.41, 5.74) is 0.961. The van der Waals surface area contributed by atoms with Crippen LogP contribution in [-0.2, 0) is 9.59 Å². The molecule has 18 heavy (non-hydrogen) atoms. The van der Waals surface area contributed by atoms with Crippen molar-refractivity contribution in [1.29, 1.82) is 0 Å². The average molecular weight is 248 g/mol. The molecule has 1 aromatic carbocycles. The van der Waals surface area contributed by atoms with Gasteiger partial charge in [-0.1, -0.05) is 30.3 Å². The first-order valence-electron chi connectivity index (χ1n) is 5.57. The third-order valence-electron chi connectivity index (χ3n) is 2.06. The van der Waals surface area contributed by atoms with Crippen molar-refractivity contribution in [3.8, 4) is 0 Å². The summed E-state index contributed by atoms with van der Waals surface area (Å²) in [4.78, 5) is 22.8. The first kappa shape index (κ1) is 13.9. The molecular formula is C13H16N2O3. The second-order valence-electron chi connectivity index (χ2n) is 3.63. The molecule has 0 aromatic heterocycles. The van der Waals surface area contributed by atoms with Crippen LogP contribution in [0.5, 0.6) is 0 Å². The van der Waals surface area contributed by atoms with E-state index in [1.807, 2.05) is 30.3 Å². The highest BCUT2D eigenvalue weighted by atomic mass is 16.3. The molecule has 0 saturated heterocycles. The summed E-state index contributed by atoms with van der Waals surface area (Å²) in [6.07, 6.45) is 1.58. The van der Waals surface area contributed by atoms with Crippen molar-refractivity contribution in [3.05, 3.63) is 41.6 Å². The Morgan fingerprint density at radius 3 is 2.50 bits per heavy atom. The molecule has 0 atom stereocenters. The quantitative estimate of drug-likeness (QED) is 0.655. The monoisotopic (exact) mass is 248 g/mol. The predicted octanol–water partition coefficient (Wildman–Crippen LogP) is 0.272. The normalized spacial score (nSPS) is 10.9. The Balaban J connectivity index is 2.87. The summed E-state index contributed by atoms with van der Waals surface area (Å²) in [6, 6.07) is 9.18. The number of hydrogen-bond donors (Lipinski definition) is 3. The fourth-order valence-electron chi connectivity index (χ4n) is 1.33. The Hall–Kier alpha value is -2.14. The lowest BCUT2D eigenvalue weighted by atomic mass is 10.2. The maximum Gasteiger partial charge on any atom is 0.267 e. The highest BCUT2D eigenvalue weighted by molar-refractivity contribution is 6.00. The van der Waals surface area contributed by atoms with Crippen LogP contribution < -0.4 is 10.6 Å². The van der Waals surface area contributed by atoms with Gasteiger partial charge in [0, 0.05) is 13.5 Å². The lowest BCUT2D eigenvalue weighted by Crippen LogP contribution is -2.35. The largest absolute Gasteiger partial charge is 0.395 e. The molecule has 0 aliphatic heterocycles. The van der Waals surface area contributed by atoms with Crippen molar-refractivity contribution in [2.24, 2.45) is 0 Å². The molecule has 5 heteroatoms. The predicted molar refractivity (Wildman–Crippen MR) is 68.3 cm³/mol. The summed E-state index contributed by atoms with van der Waals surface area (Å²) in [5.74, 6) is -0.751. The summed E-state index contributed by atoms with van der Waals surface area (Å²) < 4.78 is 0. The average Bonchev–Trinajstić information content (AvgIpc) is 2.36. The SMILES string of the molecule is CC(=O)NC(=Cc1ccccc1)C(=O)NCCO. The number of hydrogen-bond acceptors (Lipinski definition) is 3. The van der Waals surface area contributed by atoms with Gasteiger partial charge in [0.05, 0.1) is 6.61 Å². The zero-order valence-electron chi connectivity index (χ0n) is 10.1. The minimum Gasteiger partial charge on any atom is -0.395 e. The number of benzene rings is 1. The molecule has 2 amide bonds. The van der Waals surface area contributed by atoms with E-state index < -0.39 is 5.91 Å². The smallest absolute Gasteiger partial charge is 0.267 e. The molecular weight excluding hydrogens is 232 g/mol. The van der Waals surface area contributed by atoms with Crippen LogP contribution in [0, 0.1) is 0 Å². The van der Waals surface area contributed by atoms with Gasteiger partial charge in [-0.3, -0.25) is 9.59 Å². The van der Waals surface area contributed by atoms with Gasteiger partial charge in [0.25, 0.3) is 5.91 Å². The first-order valence-corrected chi connectivity index (χ1v) is 5.57. The molecule has 0 fully saturated rings. The van der Waals surface area contributed by atoms with Gasteiger partial charge in [0.15, 0.2) is 0 Å². The van der Waals surface area contributed by atoms with Crippen LogP contribution in [-0.4, -0.2) is 30.1 Å². The second kappa shape index (κ2) is 7.24. The number of amides is 2. The van der Waals surface area contributed by atoms with E-state index in [0.29, 0.717) is 0 Å². The number of aliphatic hydroxyl groups excluding tert-OH is 1. The zero-order valence-corrected chi connectivity index (χ0v) is 10.1. The molecule has 0 unspecified atom stereocenters. The van der Waals surface area contributed by atoms with Crippen LogP contribution in [0.3, 0.4) is 0 Å². The molecule has 0 radical (unpaired) electrons. The number of carbonyl (C=O) groups excluding carboxylic acids is 2. The standard InChI is InChI=1S/C13H16N2O3/c1-10(17)15-12(13(18)14-7-8-16)9-11-5-3-2-4-6-11/h2-6,9,16H,7-8H2,1H3,(H,14,18)(H,15,17). The van der Waals surface area contributed by atoms with Crippen molar-refractivity contribution in [3.63, 3.8) is 0 Å². The number of nitrogens with one attached hydrogen (secondary N) is 2. The summed E-state index contributed by atoms with van der Waals surface area (Å²) in [5, 5.41) is 13.6. The number of carbonyl (C=O) groups is 2. The summed E-state index contributed by atoms with van der Waals surface area (Å²) >= 11 is 0. The zero-order chi connectivity index (χ0) is 13.4. The van der Waals surface area contributed by atoms with Crippen LogP contribution in [0.15, 0.2) is 36.0 Å². The van der Waals surface area contributed by atoms with E-state index in [9.17, 15) is 9.59 Å². The molecule has 1 aromatic rings. The van der Waals surface area contributed by atoms with Crippen molar-refractivity contribution in [2.75, 3.05) is 13.2 Å². The third kappa shape index (κ3) is 4.80. The molecule has 1 rings (SSSR count). The van der Waals surface area contributed by atoms with E-state index in [-0.39, 0.29) is 24.8 Å². The molecule has 0 aliphatic rings. The van der Waals surface area contributed by atoms with Gasteiger partial charge >= 0.3 is 0 Å². The third-order valence-corrected chi connectivity index (χ3v) is 2.06. The first-order chi connectivity index (χ1) is 8.63. The van der Waals surface area contributed by atoms with Gasteiger partial charge in [-0.25, -0.2) is 0 Å². The Morgan fingerprint density at radius 1 is 1.28 bits per heavy atom. The fraction of sp³-hybridized carbons (Fsp3) is 0.231. The number of rotatable bonds is 5. The number of aliphatic hydroxyl groups is 1. The Bertz CT molecular complexity index is 441. The van der Waals surface area contributed by atoms with Gasteiger partial charge < -0.3 is 15.7 Å². The lowest BCUT2D eigenvalue weighted by Gasteiger charge is -2.08. The van der Waals surface area contributed by atoms with Crippen molar-refractivity contribution in [2.45, 2.75) is 6.92 Å². The summed E-state index contributed by atoms with van der Waals surface area (Å²) in [7, 11) is 0. The Morgan fingerprint density at radius 2 is 1.94 bits per heavy atom. The minimum absolute atomic E-state index is 0.143. The van der Waals surface area contributed by atoms with E-state index in [0.717, 1.165) is 5.56 Å². The van der Waals surface area contributed by atoms with E-state index in [1.165, 1.54) is 6.92 Å². The van der Waals surface area contributed by atoms with E-state index >= 15 is 0 Å². The molecule has 5 nitrogen and oxygen atoms in total.